The van der Waals surface area contributed by atoms with Crippen LogP contribution in [0.2, 0.25) is 0 Å². The second-order valence-corrected chi connectivity index (χ2v) is 11.3. The number of aliphatic hydroxyl groups excluding tert-OH is 3. The highest BCUT2D eigenvalue weighted by atomic mass is 16.6. The summed E-state index contributed by atoms with van der Waals surface area (Å²) in [7, 11) is 2.84. The molecule has 2 bridgehead atoms. The molecule has 2 rings (SSSR count). The Kier molecular flexibility index (Phi) is 14.1. The molecule has 1 aliphatic carbocycles. The van der Waals surface area contributed by atoms with Crippen LogP contribution < -0.4 is 22.1 Å². The van der Waals surface area contributed by atoms with Gasteiger partial charge in [-0.15, -0.1) is 0 Å². The Hall–Kier alpha value is -3.82. The maximum absolute atomic E-state index is 13.7. The van der Waals surface area contributed by atoms with Crippen LogP contribution in [0.1, 0.15) is 40.5 Å². The van der Waals surface area contributed by atoms with Crippen molar-refractivity contribution in [1.82, 2.24) is 10.6 Å². The van der Waals surface area contributed by atoms with E-state index < -0.39 is 78.0 Å². The Morgan fingerprint density at radius 1 is 1.16 bits per heavy atom. The number of methoxy groups -OCH3 is 2. The number of ether oxygens (including phenoxy) is 3. The van der Waals surface area contributed by atoms with Crippen LogP contribution in [0, 0.1) is 11.8 Å². The van der Waals surface area contributed by atoms with Crippen molar-refractivity contribution >= 4 is 23.6 Å². The highest BCUT2D eigenvalue weighted by Gasteiger charge is 2.36. The van der Waals surface area contributed by atoms with E-state index in [1.807, 2.05) is 0 Å². The minimum absolute atomic E-state index is 0.0177. The molecule has 0 aromatic heterocycles. The van der Waals surface area contributed by atoms with Gasteiger partial charge in [0.05, 0.1) is 30.6 Å². The number of fused-ring (bicyclic) bond motifs is 2. The number of hydrogen-bond acceptors (Lipinski definition) is 12. The first kappa shape index (κ1) is 37.4. The average molecular weight is 635 g/mol. The summed E-state index contributed by atoms with van der Waals surface area (Å²) in [6.07, 6.45) is 0.661. The monoisotopic (exact) mass is 634 g/mol. The maximum atomic E-state index is 13.7. The maximum Gasteiger partial charge on any atom is 0.405 e. The summed E-state index contributed by atoms with van der Waals surface area (Å²) in [6, 6.07) is 0. The molecule has 0 aromatic carbocycles. The molecule has 14 nitrogen and oxygen atoms in total. The molecular formula is C31H46N4O10. The molecule has 1 aliphatic heterocycles. The zero-order valence-electron chi connectivity index (χ0n) is 26.5. The van der Waals surface area contributed by atoms with Crippen molar-refractivity contribution in [2.75, 3.05) is 27.4 Å². The van der Waals surface area contributed by atoms with E-state index >= 15 is 0 Å². The molecule has 2 amide bonds. The number of allylic oxidation sites excluding steroid dienone is 3. The van der Waals surface area contributed by atoms with Crippen molar-refractivity contribution < 1.29 is 48.7 Å². The van der Waals surface area contributed by atoms with E-state index in [1.165, 1.54) is 33.3 Å². The minimum Gasteiger partial charge on any atom is -0.439 e. The first-order valence-corrected chi connectivity index (χ1v) is 14.6. The Bertz CT molecular complexity index is 1280. The summed E-state index contributed by atoms with van der Waals surface area (Å²) in [5, 5.41) is 35.6. The zero-order valence-corrected chi connectivity index (χ0v) is 26.5. The molecule has 1 heterocycles. The van der Waals surface area contributed by atoms with Crippen molar-refractivity contribution in [2.45, 2.75) is 71.1 Å². The highest BCUT2D eigenvalue weighted by Crippen LogP contribution is 2.29. The number of nitrogens with two attached hydrogens (primary N) is 2. The number of amides is 2. The Morgan fingerprint density at radius 3 is 2.40 bits per heavy atom. The standard InChI is InChI=1S/C31H46N4O10/c1-15-10-20-24(34-13-19(37)14-36)28(40)23(32)25(27(20)39)35-30(41)16(2)8-7-9-21(43-5)29(45-31(33)42)18(4)12-17(3)26(38)22(11-15)44-6/h7-9,12,15,17,19,21-22,26,29,34,36-38H,10-11,13-14,32H2,1-6H3,(H2,33,42)(H,35,41)/b9-7-,16-8+,18-12+/t15-,17+,19?,21+,22+,26-,29?/m1/s1. The summed E-state index contributed by atoms with van der Waals surface area (Å²) in [6.45, 7) is 5.92. The van der Waals surface area contributed by atoms with Crippen LogP contribution in [0.25, 0.3) is 0 Å². The van der Waals surface area contributed by atoms with E-state index in [-0.39, 0.29) is 42.1 Å². The van der Waals surface area contributed by atoms with Crippen molar-refractivity contribution in [3.63, 3.8) is 0 Å². The van der Waals surface area contributed by atoms with Crippen LogP contribution in [0.15, 0.2) is 58.1 Å². The fraction of sp³-hybridized carbons (Fsp3) is 0.548. The van der Waals surface area contributed by atoms with E-state index in [1.54, 1.807) is 32.9 Å². The van der Waals surface area contributed by atoms with Crippen LogP contribution in [0.4, 0.5) is 4.79 Å². The second-order valence-electron chi connectivity index (χ2n) is 11.3. The van der Waals surface area contributed by atoms with Gasteiger partial charge in [-0.1, -0.05) is 38.2 Å². The third-order valence-electron chi connectivity index (χ3n) is 7.71. The number of primary amides is 1. The average Bonchev–Trinajstić information content (AvgIpc) is 3.00. The van der Waals surface area contributed by atoms with Crippen LogP contribution in [-0.2, 0) is 28.6 Å². The highest BCUT2D eigenvalue weighted by molar-refractivity contribution is 6.25. The van der Waals surface area contributed by atoms with Gasteiger partial charge in [-0.25, -0.2) is 4.79 Å². The number of carbonyl (C=O) groups excluding carboxylic acids is 4. The lowest BCUT2D eigenvalue weighted by molar-refractivity contribution is -0.120. The molecule has 0 radical (unpaired) electrons. The Labute approximate surface area is 262 Å². The smallest absolute Gasteiger partial charge is 0.405 e. The van der Waals surface area contributed by atoms with Crippen molar-refractivity contribution in [3.05, 3.63) is 58.1 Å². The predicted octanol–water partition coefficient (Wildman–Crippen LogP) is -0.00880. The van der Waals surface area contributed by atoms with Gasteiger partial charge in [0, 0.05) is 37.8 Å². The molecule has 7 atom stereocenters. The summed E-state index contributed by atoms with van der Waals surface area (Å²) in [5.41, 5.74) is 11.1. The lowest BCUT2D eigenvalue weighted by atomic mass is 9.84. The molecule has 0 saturated carbocycles. The largest absolute Gasteiger partial charge is 0.439 e. The summed E-state index contributed by atoms with van der Waals surface area (Å²) >= 11 is 0. The molecule has 45 heavy (non-hydrogen) atoms. The van der Waals surface area contributed by atoms with Gasteiger partial charge in [0.15, 0.2) is 6.10 Å². The van der Waals surface area contributed by atoms with Gasteiger partial charge in [-0.3, -0.25) is 14.4 Å². The number of aliphatic hydroxyl groups is 3. The van der Waals surface area contributed by atoms with E-state index in [2.05, 4.69) is 10.6 Å². The molecule has 0 fully saturated rings. The second kappa shape index (κ2) is 17.0. The molecule has 250 valence electrons. The number of nitrogens with one attached hydrogen (secondary N) is 2. The molecule has 0 saturated heterocycles. The third kappa shape index (κ3) is 9.83. The first-order valence-electron chi connectivity index (χ1n) is 14.6. The van der Waals surface area contributed by atoms with E-state index in [4.69, 9.17) is 25.7 Å². The number of rotatable bonds is 7. The fourth-order valence-corrected chi connectivity index (χ4v) is 5.16. The van der Waals surface area contributed by atoms with Gasteiger partial charge in [0.25, 0.3) is 5.91 Å². The number of hydrogen-bond donors (Lipinski definition) is 7. The van der Waals surface area contributed by atoms with E-state index in [0.717, 1.165) is 0 Å². The van der Waals surface area contributed by atoms with Gasteiger partial charge in [-0.05, 0) is 38.2 Å². The van der Waals surface area contributed by atoms with Crippen molar-refractivity contribution in [1.29, 1.82) is 0 Å². The summed E-state index contributed by atoms with van der Waals surface area (Å²) in [5.74, 6) is -3.01. The van der Waals surface area contributed by atoms with Crippen LogP contribution in [-0.4, -0.2) is 96.8 Å². The molecule has 0 aromatic rings. The van der Waals surface area contributed by atoms with Gasteiger partial charge in [-0.2, -0.15) is 0 Å². The molecular weight excluding hydrogens is 588 g/mol. The number of carbonyl (C=O) groups is 4. The summed E-state index contributed by atoms with van der Waals surface area (Å²) in [4.78, 5) is 51.9. The van der Waals surface area contributed by atoms with Gasteiger partial charge < -0.3 is 51.6 Å². The fourth-order valence-electron chi connectivity index (χ4n) is 5.16. The zero-order chi connectivity index (χ0) is 34.0. The number of Topliss-reactive ketones (excluding diaryl/α,β-unsaturated/α-hetero) is 2. The predicted molar refractivity (Wildman–Crippen MR) is 164 cm³/mol. The van der Waals surface area contributed by atoms with E-state index in [9.17, 15) is 34.5 Å². The van der Waals surface area contributed by atoms with Crippen molar-refractivity contribution in [3.8, 4) is 0 Å². The first-order chi connectivity index (χ1) is 21.2. The lowest BCUT2D eigenvalue weighted by Gasteiger charge is -2.30. The summed E-state index contributed by atoms with van der Waals surface area (Å²) < 4.78 is 16.5. The minimum atomic E-state index is -1.22. The van der Waals surface area contributed by atoms with Crippen LogP contribution >= 0.6 is 0 Å². The van der Waals surface area contributed by atoms with Gasteiger partial charge >= 0.3 is 6.09 Å². The van der Waals surface area contributed by atoms with E-state index in [0.29, 0.717) is 5.57 Å². The topological polar surface area (TPSA) is 233 Å². The Morgan fingerprint density at radius 2 is 1.82 bits per heavy atom. The molecule has 14 heteroatoms. The lowest BCUT2D eigenvalue weighted by Crippen LogP contribution is -2.42. The molecule has 2 aliphatic rings. The molecule has 2 unspecified atom stereocenters. The van der Waals surface area contributed by atoms with Crippen LogP contribution in [0.3, 0.4) is 0 Å². The quantitative estimate of drug-likeness (QED) is 0.145. The van der Waals surface area contributed by atoms with Crippen LogP contribution in [0.5, 0.6) is 0 Å². The number of ketones is 2. The van der Waals surface area contributed by atoms with Gasteiger partial charge in [0.2, 0.25) is 11.6 Å². The molecule has 0 spiro atoms. The SMILES string of the molecule is CO[C@H]1/C=C\C=C(/C)C(=O)NC2=C(N)C(=O)C(NCC(O)CO)=C(C[C@@H](C)C[C@H](OC)[C@H](O)[C@@H](C)/C=C(\C)C1OC(N)=O)C2=O. The normalized spacial score (nSPS) is 31.4. The third-order valence-corrected chi connectivity index (χ3v) is 7.71. The molecule has 9 N–H and O–H groups in total. The van der Waals surface area contributed by atoms with Gasteiger partial charge in [0.1, 0.15) is 17.5 Å². The Balaban J connectivity index is 2.67. The van der Waals surface area contributed by atoms with Crippen molar-refractivity contribution in [2.24, 2.45) is 23.3 Å².